The number of amides is 2. The Hall–Kier alpha value is -3.27. The van der Waals surface area contributed by atoms with E-state index in [9.17, 15) is 18.0 Å². The first kappa shape index (κ1) is 32.2. The summed E-state index contributed by atoms with van der Waals surface area (Å²) in [5.41, 5.74) is 0.965. The van der Waals surface area contributed by atoms with Crippen molar-refractivity contribution in [2.45, 2.75) is 51.1 Å². The topological polar surface area (TPSA) is 96.0 Å². The second-order valence-electron chi connectivity index (χ2n) is 9.36. The molecule has 3 aromatic rings. The number of unbranched alkanes of at least 4 members (excludes halogenated alkanes) is 1. The SMILES string of the molecule is CCCCNC(=O)C(C)N(Cc1cccc(Cl)c1)C(=O)CN(c1ccc(OCC)cc1)S(=O)(=O)c1ccc(Cl)cc1. The molecule has 1 atom stereocenters. The Morgan fingerprint density at radius 3 is 2.24 bits per heavy atom. The van der Waals surface area contributed by atoms with E-state index in [1.54, 1.807) is 55.5 Å². The van der Waals surface area contributed by atoms with Gasteiger partial charge in [-0.3, -0.25) is 13.9 Å². The fourth-order valence-corrected chi connectivity index (χ4v) is 5.84. The molecule has 0 heterocycles. The van der Waals surface area contributed by atoms with E-state index in [0.717, 1.165) is 17.1 Å². The number of anilines is 1. The van der Waals surface area contributed by atoms with Crippen molar-refractivity contribution in [3.63, 3.8) is 0 Å². The van der Waals surface area contributed by atoms with Crippen molar-refractivity contribution < 1.29 is 22.7 Å². The predicted molar refractivity (Wildman–Crippen MR) is 163 cm³/mol. The van der Waals surface area contributed by atoms with E-state index in [1.807, 2.05) is 13.8 Å². The van der Waals surface area contributed by atoms with Gasteiger partial charge in [0, 0.05) is 23.1 Å². The van der Waals surface area contributed by atoms with Gasteiger partial charge in [0.1, 0.15) is 18.3 Å². The molecule has 3 rings (SSSR count). The molecule has 1 unspecified atom stereocenters. The lowest BCUT2D eigenvalue weighted by molar-refractivity contribution is -0.139. The summed E-state index contributed by atoms with van der Waals surface area (Å²) in [7, 11) is -4.20. The van der Waals surface area contributed by atoms with Gasteiger partial charge in [-0.2, -0.15) is 0 Å². The minimum Gasteiger partial charge on any atom is -0.494 e. The molecule has 0 bridgehead atoms. The van der Waals surface area contributed by atoms with Gasteiger partial charge in [0.2, 0.25) is 11.8 Å². The molecular formula is C30H35Cl2N3O5S. The zero-order chi connectivity index (χ0) is 30.0. The minimum absolute atomic E-state index is 0.0321. The minimum atomic E-state index is -4.20. The monoisotopic (exact) mass is 619 g/mol. The van der Waals surface area contributed by atoms with E-state index >= 15 is 0 Å². The van der Waals surface area contributed by atoms with Crippen molar-refractivity contribution in [2.24, 2.45) is 0 Å². The van der Waals surface area contributed by atoms with E-state index in [1.165, 1.54) is 29.2 Å². The molecule has 0 saturated carbocycles. The van der Waals surface area contributed by atoms with Gasteiger partial charge < -0.3 is 15.0 Å². The second-order valence-corrected chi connectivity index (χ2v) is 12.1. The van der Waals surface area contributed by atoms with Gasteiger partial charge in [0.05, 0.1) is 17.2 Å². The standard InChI is InChI=1S/C30H35Cl2N3O5S/c1-4-6-18-33-30(37)22(3)34(20-23-8-7-9-25(32)19-23)29(36)21-35(26-12-14-27(15-13-26)40-5-2)41(38,39)28-16-10-24(31)11-17-28/h7-17,19,22H,4-6,18,20-21H2,1-3H3,(H,33,37). The molecular weight excluding hydrogens is 585 g/mol. The van der Waals surface area contributed by atoms with Crippen LogP contribution in [0.5, 0.6) is 5.75 Å². The number of hydrogen-bond donors (Lipinski definition) is 1. The van der Waals surface area contributed by atoms with Crippen molar-refractivity contribution in [3.8, 4) is 5.75 Å². The molecule has 2 amide bonds. The summed E-state index contributed by atoms with van der Waals surface area (Å²) >= 11 is 12.2. The van der Waals surface area contributed by atoms with Crippen LogP contribution < -0.4 is 14.4 Å². The van der Waals surface area contributed by atoms with Gasteiger partial charge in [0.25, 0.3) is 10.0 Å². The highest BCUT2D eigenvalue weighted by atomic mass is 35.5. The van der Waals surface area contributed by atoms with E-state index in [4.69, 9.17) is 27.9 Å². The zero-order valence-corrected chi connectivity index (χ0v) is 25.7. The molecule has 8 nitrogen and oxygen atoms in total. The third-order valence-corrected chi connectivity index (χ3v) is 8.63. The van der Waals surface area contributed by atoms with Crippen LogP contribution in [0.15, 0.2) is 77.7 Å². The molecule has 0 fully saturated rings. The molecule has 11 heteroatoms. The molecule has 0 aromatic heterocycles. The number of hydrogen-bond acceptors (Lipinski definition) is 5. The second kappa shape index (κ2) is 15.1. The molecule has 1 N–H and O–H groups in total. The Balaban J connectivity index is 2.00. The van der Waals surface area contributed by atoms with E-state index in [0.29, 0.717) is 34.5 Å². The largest absolute Gasteiger partial charge is 0.494 e. The van der Waals surface area contributed by atoms with Gasteiger partial charge in [-0.25, -0.2) is 8.42 Å². The molecule has 0 radical (unpaired) electrons. The lowest BCUT2D eigenvalue weighted by atomic mass is 10.1. The van der Waals surface area contributed by atoms with Crippen LogP contribution in [0.3, 0.4) is 0 Å². The van der Waals surface area contributed by atoms with Crippen molar-refractivity contribution in [2.75, 3.05) is 24.0 Å². The number of benzene rings is 3. The first-order valence-electron chi connectivity index (χ1n) is 13.4. The molecule has 0 aliphatic heterocycles. The van der Waals surface area contributed by atoms with Crippen LogP contribution in [0.25, 0.3) is 0 Å². The third-order valence-electron chi connectivity index (χ3n) is 6.36. The Kier molecular flexibility index (Phi) is 11.9. The number of nitrogens with one attached hydrogen (secondary N) is 1. The molecule has 0 aliphatic carbocycles. The summed E-state index contributed by atoms with van der Waals surface area (Å²) < 4.78 is 34.3. The average molecular weight is 621 g/mol. The smallest absolute Gasteiger partial charge is 0.264 e. The van der Waals surface area contributed by atoms with Gasteiger partial charge in [-0.05, 0) is 86.5 Å². The summed E-state index contributed by atoms with van der Waals surface area (Å²) in [6, 6.07) is 18.2. The van der Waals surface area contributed by atoms with Gasteiger partial charge in [-0.1, -0.05) is 48.7 Å². The number of carbonyl (C=O) groups is 2. The van der Waals surface area contributed by atoms with Crippen LogP contribution in [-0.4, -0.2) is 50.9 Å². The Morgan fingerprint density at radius 1 is 0.951 bits per heavy atom. The molecule has 3 aromatic carbocycles. The normalized spacial score (nSPS) is 11.9. The number of halogens is 2. The van der Waals surface area contributed by atoms with Crippen LogP contribution >= 0.6 is 23.2 Å². The number of rotatable bonds is 14. The van der Waals surface area contributed by atoms with Crippen LogP contribution in [0.2, 0.25) is 10.0 Å². The van der Waals surface area contributed by atoms with Crippen molar-refractivity contribution in [1.82, 2.24) is 10.2 Å². The highest BCUT2D eigenvalue weighted by Crippen LogP contribution is 2.27. The van der Waals surface area contributed by atoms with Crippen LogP contribution in [-0.2, 0) is 26.2 Å². The molecule has 0 aliphatic rings. The lowest BCUT2D eigenvalue weighted by Crippen LogP contribution is -2.51. The molecule has 41 heavy (non-hydrogen) atoms. The maximum Gasteiger partial charge on any atom is 0.264 e. The van der Waals surface area contributed by atoms with Crippen molar-refractivity contribution >= 4 is 50.7 Å². The first-order chi connectivity index (χ1) is 19.6. The number of nitrogens with zero attached hydrogens (tertiary/aromatic N) is 2. The summed E-state index contributed by atoms with van der Waals surface area (Å²) in [5.74, 6) is -0.331. The fraction of sp³-hybridized carbons (Fsp3) is 0.333. The molecule has 0 spiro atoms. The highest BCUT2D eigenvalue weighted by Gasteiger charge is 2.32. The lowest BCUT2D eigenvalue weighted by Gasteiger charge is -2.32. The predicted octanol–water partition coefficient (Wildman–Crippen LogP) is 5.92. The van der Waals surface area contributed by atoms with E-state index in [2.05, 4.69) is 5.32 Å². The number of carbonyl (C=O) groups excluding carboxylic acids is 2. The third kappa shape index (κ3) is 8.86. The van der Waals surface area contributed by atoms with Crippen LogP contribution in [0.1, 0.15) is 39.2 Å². The summed E-state index contributed by atoms with van der Waals surface area (Å²) in [4.78, 5) is 28.3. The summed E-state index contributed by atoms with van der Waals surface area (Å²) in [5, 5.41) is 3.72. The van der Waals surface area contributed by atoms with Gasteiger partial charge in [-0.15, -0.1) is 0 Å². The Morgan fingerprint density at radius 2 is 1.63 bits per heavy atom. The fourth-order valence-electron chi connectivity index (χ4n) is 4.09. The first-order valence-corrected chi connectivity index (χ1v) is 15.6. The number of ether oxygens (including phenoxy) is 1. The quantitative estimate of drug-likeness (QED) is 0.226. The maximum atomic E-state index is 14.0. The van der Waals surface area contributed by atoms with E-state index in [-0.39, 0.29) is 23.0 Å². The van der Waals surface area contributed by atoms with Gasteiger partial charge in [0.15, 0.2) is 0 Å². The average Bonchev–Trinajstić information content (AvgIpc) is 2.95. The summed E-state index contributed by atoms with van der Waals surface area (Å²) in [6.07, 6.45) is 1.70. The highest BCUT2D eigenvalue weighted by molar-refractivity contribution is 7.92. The Bertz CT molecular complexity index is 1420. The maximum absolute atomic E-state index is 14.0. The van der Waals surface area contributed by atoms with Crippen molar-refractivity contribution in [3.05, 3.63) is 88.4 Å². The number of sulfonamides is 1. The van der Waals surface area contributed by atoms with E-state index < -0.39 is 28.5 Å². The Labute approximate surface area is 252 Å². The van der Waals surface area contributed by atoms with Crippen LogP contribution in [0.4, 0.5) is 5.69 Å². The molecule has 0 saturated heterocycles. The zero-order valence-electron chi connectivity index (χ0n) is 23.3. The summed E-state index contributed by atoms with van der Waals surface area (Å²) in [6.45, 7) is 5.91. The van der Waals surface area contributed by atoms with Gasteiger partial charge >= 0.3 is 0 Å². The molecule has 220 valence electrons. The van der Waals surface area contributed by atoms with Crippen molar-refractivity contribution in [1.29, 1.82) is 0 Å². The van der Waals surface area contributed by atoms with Crippen LogP contribution in [0, 0.1) is 0 Å².